The molecule has 0 aromatic heterocycles. The third kappa shape index (κ3) is 3.06. The maximum atomic E-state index is 5.58. The molecule has 1 aromatic rings. The maximum absolute atomic E-state index is 5.58. The van der Waals surface area contributed by atoms with Gasteiger partial charge in [0.1, 0.15) is 4.99 Å². The minimum Gasteiger partial charge on any atom is -0.362 e. The van der Waals surface area contributed by atoms with Gasteiger partial charge in [0, 0.05) is 18.7 Å². The van der Waals surface area contributed by atoms with Gasteiger partial charge in [0.15, 0.2) is 0 Å². The Morgan fingerprint density at radius 2 is 1.65 bits per heavy atom. The van der Waals surface area contributed by atoms with Gasteiger partial charge in [-0.3, -0.25) is 0 Å². The molecule has 0 saturated carbocycles. The highest BCUT2D eigenvalue weighted by molar-refractivity contribution is 7.80. The molecule has 0 spiro atoms. The molecular formula is C15H21NS. The van der Waals surface area contributed by atoms with E-state index in [1.165, 1.54) is 30.4 Å². The molecule has 0 N–H and O–H groups in total. The van der Waals surface area contributed by atoms with Gasteiger partial charge in [0.2, 0.25) is 0 Å². The van der Waals surface area contributed by atoms with Gasteiger partial charge in [-0.2, -0.15) is 0 Å². The lowest BCUT2D eigenvalue weighted by molar-refractivity contribution is 0.347. The summed E-state index contributed by atoms with van der Waals surface area (Å²) in [7, 11) is 0. The van der Waals surface area contributed by atoms with Crippen LogP contribution in [0.5, 0.6) is 0 Å². The van der Waals surface area contributed by atoms with Crippen LogP contribution in [0, 0.1) is 0 Å². The first kappa shape index (κ1) is 12.6. The molecule has 1 fully saturated rings. The summed E-state index contributed by atoms with van der Waals surface area (Å²) in [4.78, 5) is 3.38. The number of nitrogens with zero attached hydrogens (tertiary/aromatic N) is 1. The van der Waals surface area contributed by atoms with Crippen LogP contribution in [0.1, 0.15) is 50.2 Å². The largest absolute Gasteiger partial charge is 0.362 e. The minimum absolute atomic E-state index is 0.590. The summed E-state index contributed by atoms with van der Waals surface area (Å²) in [5.41, 5.74) is 2.58. The maximum Gasteiger partial charge on any atom is 0.109 e. The first-order valence-corrected chi connectivity index (χ1v) is 6.98. The first-order valence-electron chi connectivity index (χ1n) is 6.57. The van der Waals surface area contributed by atoms with Crippen LogP contribution in [0.2, 0.25) is 0 Å². The van der Waals surface area contributed by atoms with Crippen molar-refractivity contribution in [1.82, 2.24) is 4.90 Å². The van der Waals surface area contributed by atoms with Gasteiger partial charge in [0.25, 0.3) is 0 Å². The highest BCUT2D eigenvalue weighted by Gasteiger charge is 2.14. The second-order valence-corrected chi connectivity index (χ2v) is 5.52. The fourth-order valence-electron chi connectivity index (χ4n) is 2.29. The molecule has 2 heteroatoms. The zero-order valence-electron chi connectivity index (χ0n) is 10.8. The summed E-state index contributed by atoms with van der Waals surface area (Å²) in [6.07, 6.45) is 3.92. The van der Waals surface area contributed by atoms with Crippen molar-refractivity contribution < 1.29 is 0 Å². The van der Waals surface area contributed by atoms with Gasteiger partial charge in [-0.1, -0.05) is 50.3 Å². The van der Waals surface area contributed by atoms with Crippen molar-refractivity contribution in [3.8, 4) is 0 Å². The lowest BCUT2D eigenvalue weighted by atomic mass is 10.0. The average molecular weight is 247 g/mol. The lowest BCUT2D eigenvalue weighted by Gasteiger charge is -2.29. The Labute approximate surface area is 110 Å². The zero-order chi connectivity index (χ0) is 12.3. The van der Waals surface area contributed by atoms with E-state index in [4.69, 9.17) is 12.2 Å². The molecular weight excluding hydrogens is 226 g/mol. The molecule has 2 rings (SSSR count). The fraction of sp³-hybridized carbons (Fsp3) is 0.533. The molecule has 1 nitrogen and oxygen atoms in total. The van der Waals surface area contributed by atoms with Crippen LogP contribution < -0.4 is 0 Å². The van der Waals surface area contributed by atoms with Crippen LogP contribution in [0.25, 0.3) is 0 Å². The predicted octanol–water partition coefficient (Wildman–Crippen LogP) is 3.97. The average Bonchev–Trinajstić information content (AvgIpc) is 2.39. The second kappa shape index (κ2) is 5.63. The Hall–Kier alpha value is -0.890. The van der Waals surface area contributed by atoms with E-state index in [-0.39, 0.29) is 0 Å². The third-order valence-electron chi connectivity index (χ3n) is 3.47. The highest BCUT2D eigenvalue weighted by atomic mass is 32.1. The smallest absolute Gasteiger partial charge is 0.109 e. The van der Waals surface area contributed by atoms with E-state index in [1.807, 2.05) is 0 Å². The molecule has 0 amide bonds. The summed E-state index contributed by atoms with van der Waals surface area (Å²) >= 11 is 5.58. The summed E-state index contributed by atoms with van der Waals surface area (Å²) < 4.78 is 0. The zero-order valence-corrected chi connectivity index (χ0v) is 11.6. The Morgan fingerprint density at radius 1 is 1.06 bits per heavy atom. The normalized spacial score (nSPS) is 16.3. The molecule has 0 radical (unpaired) electrons. The van der Waals surface area contributed by atoms with Gasteiger partial charge < -0.3 is 4.90 Å². The van der Waals surface area contributed by atoms with E-state index in [9.17, 15) is 0 Å². The Kier molecular flexibility index (Phi) is 4.16. The van der Waals surface area contributed by atoms with E-state index >= 15 is 0 Å². The van der Waals surface area contributed by atoms with E-state index in [0.29, 0.717) is 5.92 Å². The van der Waals surface area contributed by atoms with Crippen LogP contribution >= 0.6 is 12.2 Å². The molecule has 1 aliphatic rings. The second-order valence-electron chi connectivity index (χ2n) is 5.13. The Morgan fingerprint density at radius 3 is 2.18 bits per heavy atom. The molecule has 1 aromatic carbocycles. The van der Waals surface area contributed by atoms with Crippen molar-refractivity contribution in [3.05, 3.63) is 35.4 Å². The van der Waals surface area contributed by atoms with E-state index < -0.39 is 0 Å². The van der Waals surface area contributed by atoms with Crippen LogP contribution in [-0.4, -0.2) is 23.0 Å². The topological polar surface area (TPSA) is 3.24 Å². The van der Waals surface area contributed by atoms with Crippen LogP contribution in [0.3, 0.4) is 0 Å². The molecule has 1 saturated heterocycles. The van der Waals surface area contributed by atoms with Gasteiger partial charge in [0.05, 0.1) is 0 Å². The number of piperidine rings is 1. The van der Waals surface area contributed by atoms with Gasteiger partial charge in [-0.25, -0.2) is 0 Å². The van der Waals surface area contributed by atoms with Crippen molar-refractivity contribution in [2.75, 3.05) is 13.1 Å². The number of likely N-dealkylation sites (tertiary alicyclic amines) is 1. The molecule has 0 aliphatic carbocycles. The SMILES string of the molecule is CC(C)c1ccc(C(=S)N2CCCCC2)cc1. The van der Waals surface area contributed by atoms with Crippen LogP contribution in [0.4, 0.5) is 0 Å². The summed E-state index contributed by atoms with van der Waals surface area (Å²) in [6, 6.07) is 8.75. The first-order chi connectivity index (χ1) is 8.18. The minimum atomic E-state index is 0.590. The fourth-order valence-corrected chi connectivity index (χ4v) is 2.61. The molecule has 0 bridgehead atoms. The van der Waals surface area contributed by atoms with Gasteiger partial charge in [-0.15, -0.1) is 0 Å². The number of hydrogen-bond donors (Lipinski definition) is 0. The monoisotopic (exact) mass is 247 g/mol. The number of benzene rings is 1. The number of hydrogen-bond acceptors (Lipinski definition) is 1. The summed E-state index contributed by atoms with van der Waals surface area (Å²) in [5, 5.41) is 0. The third-order valence-corrected chi connectivity index (χ3v) is 3.96. The van der Waals surface area contributed by atoms with Crippen molar-refractivity contribution in [1.29, 1.82) is 0 Å². The van der Waals surface area contributed by atoms with Gasteiger partial charge >= 0.3 is 0 Å². The quantitative estimate of drug-likeness (QED) is 0.727. The molecule has 17 heavy (non-hydrogen) atoms. The molecule has 92 valence electrons. The van der Waals surface area contributed by atoms with E-state index in [0.717, 1.165) is 18.1 Å². The molecule has 0 atom stereocenters. The molecule has 1 aliphatic heterocycles. The summed E-state index contributed by atoms with van der Waals surface area (Å²) in [6.45, 7) is 6.70. The summed E-state index contributed by atoms with van der Waals surface area (Å²) in [5.74, 6) is 0.590. The van der Waals surface area contributed by atoms with Crippen molar-refractivity contribution in [3.63, 3.8) is 0 Å². The molecule has 0 unspecified atom stereocenters. The lowest BCUT2D eigenvalue weighted by Crippen LogP contribution is -2.34. The predicted molar refractivity (Wildman–Crippen MR) is 77.7 cm³/mol. The number of rotatable bonds is 2. The highest BCUT2D eigenvalue weighted by Crippen LogP contribution is 2.18. The van der Waals surface area contributed by atoms with Crippen LogP contribution in [-0.2, 0) is 0 Å². The molecule has 1 heterocycles. The van der Waals surface area contributed by atoms with E-state index in [1.54, 1.807) is 0 Å². The standard InChI is InChI=1S/C15H21NS/c1-12(2)13-6-8-14(9-7-13)15(17)16-10-4-3-5-11-16/h6-9,12H,3-5,10-11H2,1-2H3. The van der Waals surface area contributed by atoms with Crippen molar-refractivity contribution in [2.24, 2.45) is 0 Å². The Bertz CT molecular complexity index is 374. The Balaban J connectivity index is 2.08. The van der Waals surface area contributed by atoms with Crippen molar-refractivity contribution in [2.45, 2.75) is 39.0 Å². The van der Waals surface area contributed by atoms with Crippen LogP contribution in [0.15, 0.2) is 24.3 Å². The number of thiocarbonyl (C=S) groups is 1. The van der Waals surface area contributed by atoms with Gasteiger partial charge in [-0.05, 0) is 30.7 Å². The van der Waals surface area contributed by atoms with E-state index in [2.05, 4.69) is 43.0 Å². The van der Waals surface area contributed by atoms with Crippen molar-refractivity contribution >= 4 is 17.2 Å².